The summed E-state index contributed by atoms with van der Waals surface area (Å²) in [4.78, 5) is 11.0. The molecule has 142 valence electrons. The summed E-state index contributed by atoms with van der Waals surface area (Å²) in [6, 6.07) is 0.520. The normalized spacial score (nSPS) is 17.7. The van der Waals surface area contributed by atoms with Gasteiger partial charge in [0.25, 0.3) is 0 Å². The molecular formula is C18H34N6O. The van der Waals surface area contributed by atoms with Gasteiger partial charge in [0.1, 0.15) is 0 Å². The van der Waals surface area contributed by atoms with E-state index < -0.39 is 0 Å². The highest BCUT2D eigenvalue weighted by atomic mass is 16.5. The van der Waals surface area contributed by atoms with E-state index in [9.17, 15) is 0 Å². The maximum absolute atomic E-state index is 5.53. The fraction of sp³-hybridized carbons (Fsp3) is 0.778. The zero-order valence-electron chi connectivity index (χ0n) is 15.9. The van der Waals surface area contributed by atoms with Crippen LogP contribution in [0, 0.1) is 5.92 Å². The van der Waals surface area contributed by atoms with Gasteiger partial charge in [-0.3, -0.25) is 9.89 Å². The Bertz CT molecular complexity index is 480. The maximum Gasteiger partial charge on any atom is 0.191 e. The van der Waals surface area contributed by atoms with Crippen LogP contribution in [0.1, 0.15) is 26.7 Å². The molecule has 1 unspecified atom stereocenters. The van der Waals surface area contributed by atoms with E-state index in [0.29, 0.717) is 12.0 Å². The zero-order chi connectivity index (χ0) is 17.9. The summed E-state index contributed by atoms with van der Waals surface area (Å²) >= 11 is 0. The number of rotatable bonds is 9. The highest BCUT2D eigenvalue weighted by molar-refractivity contribution is 5.79. The van der Waals surface area contributed by atoms with Crippen molar-refractivity contribution in [2.75, 3.05) is 46.4 Å². The number of aliphatic imine (C=N–C) groups is 1. The molecule has 7 nitrogen and oxygen atoms in total. The summed E-state index contributed by atoms with van der Waals surface area (Å²) in [6.45, 7) is 10.9. The van der Waals surface area contributed by atoms with Gasteiger partial charge in [-0.05, 0) is 5.92 Å². The minimum absolute atomic E-state index is 0.520. The molecule has 1 atom stereocenters. The van der Waals surface area contributed by atoms with E-state index in [4.69, 9.17) is 4.74 Å². The third-order valence-corrected chi connectivity index (χ3v) is 5.03. The van der Waals surface area contributed by atoms with Crippen molar-refractivity contribution in [2.24, 2.45) is 10.9 Å². The van der Waals surface area contributed by atoms with Crippen LogP contribution in [0.3, 0.4) is 0 Å². The topological polar surface area (TPSA) is 66.7 Å². The number of ether oxygens (including phenoxy) is 1. The highest BCUT2D eigenvalue weighted by Crippen LogP contribution is 2.19. The van der Waals surface area contributed by atoms with Crippen LogP contribution >= 0.6 is 0 Å². The number of hydrogen-bond donors (Lipinski definition) is 2. The standard InChI is InChI=1S/C18H34N6O/c1-4-16(5-2)17(24-10-12-25-13-11-24)14-22-18(19-3)21-7-9-23-8-6-20-15-23/h6,8,15-17H,4-5,7,9-14H2,1-3H3,(H2,19,21,22). The van der Waals surface area contributed by atoms with Crippen molar-refractivity contribution in [3.05, 3.63) is 18.7 Å². The third-order valence-electron chi connectivity index (χ3n) is 5.03. The van der Waals surface area contributed by atoms with Gasteiger partial charge in [0, 0.05) is 58.2 Å². The molecule has 2 N–H and O–H groups in total. The average molecular weight is 351 g/mol. The van der Waals surface area contributed by atoms with Crippen molar-refractivity contribution in [3.63, 3.8) is 0 Å². The number of nitrogens with one attached hydrogen (secondary N) is 2. The van der Waals surface area contributed by atoms with Crippen LogP contribution in [0.15, 0.2) is 23.7 Å². The lowest BCUT2D eigenvalue weighted by atomic mass is 9.92. The predicted molar refractivity (Wildman–Crippen MR) is 102 cm³/mol. The molecule has 0 spiro atoms. The molecule has 1 fully saturated rings. The first-order chi connectivity index (χ1) is 12.3. The Labute approximate surface area is 151 Å². The van der Waals surface area contributed by atoms with E-state index in [1.54, 1.807) is 6.20 Å². The molecule has 1 aromatic heterocycles. The fourth-order valence-electron chi connectivity index (χ4n) is 3.48. The van der Waals surface area contributed by atoms with Crippen molar-refractivity contribution >= 4 is 5.96 Å². The summed E-state index contributed by atoms with van der Waals surface area (Å²) in [6.07, 6.45) is 8.01. The predicted octanol–water partition coefficient (Wildman–Crippen LogP) is 1.19. The van der Waals surface area contributed by atoms with Crippen molar-refractivity contribution in [1.29, 1.82) is 0 Å². The van der Waals surface area contributed by atoms with E-state index in [1.807, 2.05) is 19.6 Å². The number of guanidine groups is 1. The van der Waals surface area contributed by atoms with E-state index >= 15 is 0 Å². The SMILES string of the molecule is CCC(CC)C(CNC(=NC)NCCn1ccnc1)N1CCOCC1. The van der Waals surface area contributed by atoms with Gasteiger partial charge in [-0.1, -0.05) is 26.7 Å². The van der Waals surface area contributed by atoms with E-state index in [-0.39, 0.29) is 0 Å². The Morgan fingerprint density at radius 3 is 2.60 bits per heavy atom. The molecule has 7 heteroatoms. The average Bonchev–Trinajstić information content (AvgIpc) is 3.17. The molecule has 25 heavy (non-hydrogen) atoms. The van der Waals surface area contributed by atoms with Crippen LogP contribution in [-0.2, 0) is 11.3 Å². The Hall–Kier alpha value is -1.60. The summed E-state index contributed by atoms with van der Waals surface area (Å²) < 4.78 is 7.58. The van der Waals surface area contributed by atoms with Gasteiger partial charge in [0.15, 0.2) is 5.96 Å². The number of hydrogen-bond acceptors (Lipinski definition) is 4. The lowest BCUT2D eigenvalue weighted by molar-refractivity contribution is 0.00272. The molecule has 0 aliphatic carbocycles. The van der Waals surface area contributed by atoms with Gasteiger partial charge in [0.05, 0.1) is 19.5 Å². The first-order valence-corrected chi connectivity index (χ1v) is 9.50. The second kappa shape index (κ2) is 11.1. The van der Waals surface area contributed by atoms with E-state index in [1.165, 1.54) is 12.8 Å². The molecule has 2 rings (SSSR count). The number of nitrogens with zero attached hydrogens (tertiary/aromatic N) is 4. The largest absolute Gasteiger partial charge is 0.379 e. The van der Waals surface area contributed by atoms with Crippen molar-refractivity contribution in [1.82, 2.24) is 25.1 Å². The third kappa shape index (κ3) is 6.32. The van der Waals surface area contributed by atoms with Crippen LogP contribution < -0.4 is 10.6 Å². The van der Waals surface area contributed by atoms with Crippen LogP contribution in [0.2, 0.25) is 0 Å². The van der Waals surface area contributed by atoms with E-state index in [2.05, 4.69) is 43.9 Å². The molecule has 0 amide bonds. The summed E-state index contributed by atoms with van der Waals surface area (Å²) in [5, 5.41) is 6.92. The van der Waals surface area contributed by atoms with Gasteiger partial charge in [0.2, 0.25) is 0 Å². The summed E-state index contributed by atoms with van der Waals surface area (Å²) in [5.41, 5.74) is 0. The molecule has 1 aliphatic rings. The molecule has 0 bridgehead atoms. The van der Waals surface area contributed by atoms with Gasteiger partial charge < -0.3 is 19.9 Å². The first-order valence-electron chi connectivity index (χ1n) is 9.50. The Kier molecular flexibility index (Phi) is 8.76. The molecular weight excluding hydrogens is 316 g/mol. The van der Waals surface area contributed by atoms with E-state index in [0.717, 1.165) is 51.9 Å². The number of imidazole rings is 1. The molecule has 0 radical (unpaired) electrons. The minimum Gasteiger partial charge on any atom is -0.379 e. The van der Waals surface area contributed by atoms with Crippen molar-refractivity contribution in [2.45, 2.75) is 39.3 Å². The second-order valence-electron chi connectivity index (χ2n) is 6.47. The zero-order valence-corrected chi connectivity index (χ0v) is 15.9. The van der Waals surface area contributed by atoms with Crippen molar-refractivity contribution in [3.8, 4) is 0 Å². The lowest BCUT2D eigenvalue weighted by Gasteiger charge is -2.39. The first kappa shape index (κ1) is 19.7. The highest BCUT2D eigenvalue weighted by Gasteiger charge is 2.26. The molecule has 2 heterocycles. The van der Waals surface area contributed by atoms with Gasteiger partial charge >= 0.3 is 0 Å². The summed E-state index contributed by atoms with van der Waals surface area (Å²) in [7, 11) is 1.83. The fourth-order valence-corrected chi connectivity index (χ4v) is 3.48. The van der Waals surface area contributed by atoms with Crippen LogP contribution in [0.25, 0.3) is 0 Å². The molecule has 1 saturated heterocycles. The molecule has 0 aromatic carbocycles. The van der Waals surface area contributed by atoms with Gasteiger partial charge in [-0.2, -0.15) is 0 Å². The lowest BCUT2D eigenvalue weighted by Crippen LogP contribution is -2.53. The minimum atomic E-state index is 0.520. The summed E-state index contributed by atoms with van der Waals surface area (Å²) in [5.74, 6) is 1.55. The molecule has 1 aromatic rings. The molecule has 1 aliphatic heterocycles. The Morgan fingerprint density at radius 1 is 1.24 bits per heavy atom. The second-order valence-corrected chi connectivity index (χ2v) is 6.47. The smallest absolute Gasteiger partial charge is 0.191 e. The number of aromatic nitrogens is 2. The maximum atomic E-state index is 5.53. The quantitative estimate of drug-likeness (QED) is 0.517. The van der Waals surface area contributed by atoms with Crippen LogP contribution in [0.5, 0.6) is 0 Å². The molecule has 0 saturated carbocycles. The van der Waals surface area contributed by atoms with Gasteiger partial charge in [-0.15, -0.1) is 0 Å². The Morgan fingerprint density at radius 2 is 2.00 bits per heavy atom. The Balaban J connectivity index is 1.83. The van der Waals surface area contributed by atoms with Crippen LogP contribution in [0.4, 0.5) is 0 Å². The van der Waals surface area contributed by atoms with Gasteiger partial charge in [-0.25, -0.2) is 4.98 Å². The van der Waals surface area contributed by atoms with Crippen LogP contribution in [-0.4, -0.2) is 72.9 Å². The number of morpholine rings is 1. The monoisotopic (exact) mass is 350 g/mol. The van der Waals surface area contributed by atoms with Crippen molar-refractivity contribution < 1.29 is 4.74 Å².